The summed E-state index contributed by atoms with van der Waals surface area (Å²) in [4.78, 5) is 9.56. The average molecular weight is 539 g/mol. The van der Waals surface area contributed by atoms with Crippen LogP contribution in [-0.4, -0.2) is 9.97 Å². The zero-order chi connectivity index (χ0) is 26.9. The Kier molecular flexibility index (Phi) is 4.80. The molecule has 0 fully saturated rings. The normalized spacial score (nSPS) is 11.9. The molecule has 2 nitrogen and oxygen atoms in total. The van der Waals surface area contributed by atoms with Crippen molar-refractivity contribution in [1.82, 2.24) is 9.97 Å². The molecule has 0 bridgehead atoms. The molecule has 190 valence electrons. The van der Waals surface area contributed by atoms with E-state index in [4.69, 9.17) is 4.98 Å². The summed E-state index contributed by atoms with van der Waals surface area (Å²) in [6, 6.07) is 44.2. The first kappa shape index (κ1) is 22.7. The summed E-state index contributed by atoms with van der Waals surface area (Å²) in [5, 5.41) is 2.63. The second-order valence-electron chi connectivity index (χ2n) is 10.5. The standard InChI is InChI=1S/C38H22N2S/c1-3-12-26-23(9-1)24-10-2-4-13-27(24)36-30(19-20-33-37(36)40-22-21-39-33)28-14-7-15-29(35(26)28)32-17-8-16-31-25-11-5-6-18-34(25)41-38(31)32/h1-22H. The van der Waals surface area contributed by atoms with Crippen LogP contribution in [0.4, 0.5) is 0 Å². The number of benzene rings is 6. The van der Waals surface area contributed by atoms with Gasteiger partial charge in [0.25, 0.3) is 0 Å². The number of thiophene rings is 1. The molecule has 0 unspecified atom stereocenters. The topological polar surface area (TPSA) is 25.8 Å². The quantitative estimate of drug-likeness (QED) is 0.208. The predicted molar refractivity (Wildman–Crippen MR) is 173 cm³/mol. The van der Waals surface area contributed by atoms with Crippen LogP contribution in [0.3, 0.4) is 0 Å². The van der Waals surface area contributed by atoms with Crippen LogP contribution in [0.2, 0.25) is 0 Å². The lowest BCUT2D eigenvalue weighted by Gasteiger charge is -2.25. The zero-order valence-electron chi connectivity index (χ0n) is 22.0. The van der Waals surface area contributed by atoms with E-state index in [9.17, 15) is 0 Å². The first-order valence-corrected chi connectivity index (χ1v) is 14.7. The van der Waals surface area contributed by atoms with Gasteiger partial charge in [-0.1, -0.05) is 109 Å². The Balaban J connectivity index is 1.47. The van der Waals surface area contributed by atoms with Crippen LogP contribution in [0.25, 0.3) is 86.8 Å². The van der Waals surface area contributed by atoms with Crippen LogP contribution < -0.4 is 0 Å². The lowest BCUT2D eigenvalue weighted by Crippen LogP contribution is -2.00. The third-order valence-corrected chi connectivity index (χ3v) is 9.59. The van der Waals surface area contributed by atoms with Gasteiger partial charge in [0.1, 0.15) is 0 Å². The lowest BCUT2D eigenvalue weighted by atomic mass is 9.78. The van der Waals surface area contributed by atoms with Crippen LogP contribution in [0.15, 0.2) is 134 Å². The van der Waals surface area contributed by atoms with E-state index in [0.29, 0.717) is 0 Å². The molecule has 0 N–H and O–H groups in total. The van der Waals surface area contributed by atoms with E-state index in [1.54, 1.807) is 12.4 Å². The van der Waals surface area contributed by atoms with Gasteiger partial charge in [-0.25, -0.2) is 0 Å². The third-order valence-electron chi connectivity index (χ3n) is 8.37. The van der Waals surface area contributed by atoms with Gasteiger partial charge in [-0.15, -0.1) is 11.3 Å². The van der Waals surface area contributed by atoms with Gasteiger partial charge >= 0.3 is 0 Å². The maximum absolute atomic E-state index is 4.88. The molecular weight excluding hydrogens is 516 g/mol. The van der Waals surface area contributed by atoms with Gasteiger partial charge in [-0.2, -0.15) is 0 Å². The highest BCUT2D eigenvalue weighted by Crippen LogP contribution is 2.52. The lowest BCUT2D eigenvalue weighted by molar-refractivity contribution is 1.29. The first-order chi connectivity index (χ1) is 20.4. The molecule has 1 aliphatic carbocycles. The van der Waals surface area contributed by atoms with E-state index in [1.165, 1.54) is 70.2 Å². The summed E-state index contributed by atoms with van der Waals surface area (Å²) in [5.41, 5.74) is 14.0. The molecule has 0 saturated carbocycles. The fourth-order valence-corrected chi connectivity index (χ4v) is 7.89. The van der Waals surface area contributed by atoms with Crippen LogP contribution in [0, 0.1) is 0 Å². The summed E-state index contributed by atoms with van der Waals surface area (Å²) in [6.07, 6.45) is 3.58. The fraction of sp³-hybridized carbons (Fsp3) is 0. The van der Waals surface area contributed by atoms with Crippen LogP contribution in [0.1, 0.15) is 0 Å². The maximum Gasteiger partial charge on any atom is 0.0971 e. The number of fused-ring (bicyclic) bond motifs is 13. The highest BCUT2D eigenvalue weighted by Gasteiger charge is 2.26. The van der Waals surface area contributed by atoms with Crippen LogP contribution in [0.5, 0.6) is 0 Å². The number of nitrogens with zero attached hydrogens (tertiary/aromatic N) is 2. The Morgan fingerprint density at radius 2 is 0.951 bits per heavy atom. The van der Waals surface area contributed by atoms with E-state index < -0.39 is 0 Å². The smallest absolute Gasteiger partial charge is 0.0971 e. The molecule has 0 atom stereocenters. The molecule has 2 aromatic heterocycles. The van der Waals surface area contributed by atoms with Crippen molar-refractivity contribution < 1.29 is 0 Å². The van der Waals surface area contributed by atoms with Crippen molar-refractivity contribution in [1.29, 1.82) is 0 Å². The molecule has 8 aromatic rings. The molecule has 3 heteroatoms. The van der Waals surface area contributed by atoms with Crippen LogP contribution >= 0.6 is 11.3 Å². The molecule has 0 aliphatic heterocycles. The van der Waals surface area contributed by atoms with Crippen molar-refractivity contribution in [3.8, 4) is 55.6 Å². The van der Waals surface area contributed by atoms with Crippen molar-refractivity contribution in [2.24, 2.45) is 0 Å². The van der Waals surface area contributed by atoms with Crippen molar-refractivity contribution in [3.05, 3.63) is 134 Å². The zero-order valence-corrected chi connectivity index (χ0v) is 22.8. The van der Waals surface area contributed by atoms with E-state index in [2.05, 4.69) is 126 Å². The van der Waals surface area contributed by atoms with Crippen molar-refractivity contribution in [3.63, 3.8) is 0 Å². The summed E-state index contributed by atoms with van der Waals surface area (Å²) in [5.74, 6) is 0. The van der Waals surface area contributed by atoms with Gasteiger partial charge in [-0.3, -0.25) is 9.97 Å². The Bertz CT molecular complexity index is 2330. The van der Waals surface area contributed by atoms with Gasteiger partial charge in [0.05, 0.1) is 11.0 Å². The minimum atomic E-state index is 0.905. The van der Waals surface area contributed by atoms with Crippen LogP contribution in [-0.2, 0) is 0 Å². The molecule has 0 radical (unpaired) electrons. The molecule has 0 saturated heterocycles. The van der Waals surface area contributed by atoms with Crippen molar-refractivity contribution in [2.45, 2.75) is 0 Å². The predicted octanol–water partition coefficient (Wildman–Crippen LogP) is 10.6. The van der Waals surface area contributed by atoms with E-state index in [0.717, 1.165) is 16.6 Å². The highest BCUT2D eigenvalue weighted by molar-refractivity contribution is 7.26. The molecule has 41 heavy (non-hydrogen) atoms. The minimum absolute atomic E-state index is 0.905. The largest absolute Gasteiger partial charge is 0.253 e. The average Bonchev–Trinajstić information content (AvgIpc) is 3.42. The second-order valence-corrected chi connectivity index (χ2v) is 11.6. The number of rotatable bonds is 1. The summed E-state index contributed by atoms with van der Waals surface area (Å²) in [7, 11) is 0. The minimum Gasteiger partial charge on any atom is -0.253 e. The second kappa shape index (κ2) is 8.69. The molecule has 2 heterocycles. The van der Waals surface area contributed by atoms with Gasteiger partial charge in [0, 0.05) is 43.7 Å². The maximum atomic E-state index is 4.88. The molecule has 0 spiro atoms. The Labute approximate surface area is 241 Å². The third kappa shape index (κ3) is 3.24. The van der Waals surface area contributed by atoms with E-state index >= 15 is 0 Å². The van der Waals surface area contributed by atoms with Gasteiger partial charge < -0.3 is 0 Å². The molecule has 0 amide bonds. The molecular formula is C38H22N2S. The van der Waals surface area contributed by atoms with Gasteiger partial charge in [0.15, 0.2) is 0 Å². The highest BCUT2D eigenvalue weighted by atomic mass is 32.1. The SMILES string of the molecule is c1ccc2c(c1)-c1ccccc1-c1c(ccc3nccnc13)-c1cccc(-c3cccc4c3sc3ccccc34)c1-2. The first-order valence-electron chi connectivity index (χ1n) is 13.8. The summed E-state index contributed by atoms with van der Waals surface area (Å²) in [6.45, 7) is 0. The summed E-state index contributed by atoms with van der Waals surface area (Å²) < 4.78 is 2.64. The number of aromatic nitrogens is 2. The Morgan fingerprint density at radius 1 is 0.390 bits per heavy atom. The fourth-order valence-electron chi connectivity index (χ4n) is 6.66. The number of hydrogen-bond acceptors (Lipinski definition) is 3. The number of hydrogen-bond donors (Lipinski definition) is 0. The van der Waals surface area contributed by atoms with E-state index in [1.807, 2.05) is 11.3 Å². The van der Waals surface area contributed by atoms with Gasteiger partial charge in [-0.05, 0) is 56.6 Å². The van der Waals surface area contributed by atoms with Gasteiger partial charge in [0.2, 0.25) is 0 Å². The Hall–Kier alpha value is -5.12. The van der Waals surface area contributed by atoms with Crippen molar-refractivity contribution >= 4 is 42.5 Å². The Morgan fingerprint density at radius 3 is 1.78 bits per heavy atom. The van der Waals surface area contributed by atoms with Crippen molar-refractivity contribution in [2.75, 3.05) is 0 Å². The molecule has 6 aromatic carbocycles. The van der Waals surface area contributed by atoms with E-state index in [-0.39, 0.29) is 0 Å². The summed E-state index contributed by atoms with van der Waals surface area (Å²) >= 11 is 1.88. The monoisotopic (exact) mass is 538 g/mol. The molecule has 1 aliphatic rings. The molecule has 9 rings (SSSR count).